The minimum Gasteiger partial charge on any atom is -0.383 e. The lowest BCUT2D eigenvalue weighted by atomic mass is 9.73. The summed E-state index contributed by atoms with van der Waals surface area (Å²) >= 11 is 0. The maximum Gasteiger partial charge on any atom is 0.127 e. The van der Waals surface area contributed by atoms with E-state index in [1.54, 1.807) is 6.20 Å². The van der Waals surface area contributed by atoms with E-state index in [4.69, 9.17) is 5.73 Å². The SMILES string of the molecule is Nc1ncccc1CN1CCC[C@@]2(CCCN(Cc3ccccc3)C2)C1. The van der Waals surface area contributed by atoms with Crippen molar-refractivity contribution in [3.8, 4) is 0 Å². The molecule has 2 aromatic rings. The van der Waals surface area contributed by atoms with E-state index in [0.29, 0.717) is 11.2 Å². The van der Waals surface area contributed by atoms with Crippen molar-refractivity contribution < 1.29 is 0 Å². The van der Waals surface area contributed by atoms with E-state index < -0.39 is 0 Å². The Bertz CT molecular complexity index is 713. The summed E-state index contributed by atoms with van der Waals surface area (Å²) in [5, 5.41) is 0. The van der Waals surface area contributed by atoms with Gasteiger partial charge in [-0.1, -0.05) is 36.4 Å². The maximum absolute atomic E-state index is 6.07. The number of anilines is 1. The number of rotatable bonds is 4. The van der Waals surface area contributed by atoms with Crippen molar-refractivity contribution >= 4 is 5.82 Å². The minimum atomic E-state index is 0.447. The van der Waals surface area contributed by atoms with Gasteiger partial charge in [-0.3, -0.25) is 9.80 Å². The fourth-order valence-corrected chi connectivity index (χ4v) is 4.89. The van der Waals surface area contributed by atoms with Gasteiger partial charge < -0.3 is 5.73 Å². The van der Waals surface area contributed by atoms with Crippen molar-refractivity contribution in [1.82, 2.24) is 14.8 Å². The second-order valence-corrected chi connectivity index (χ2v) is 8.16. The minimum absolute atomic E-state index is 0.447. The molecule has 2 N–H and O–H groups in total. The Balaban J connectivity index is 1.41. The predicted molar refractivity (Wildman–Crippen MR) is 107 cm³/mol. The second kappa shape index (κ2) is 7.77. The molecule has 0 saturated carbocycles. The normalized spacial score (nSPS) is 24.8. The van der Waals surface area contributed by atoms with Gasteiger partial charge in [0.05, 0.1) is 0 Å². The highest BCUT2D eigenvalue weighted by Gasteiger charge is 2.39. The van der Waals surface area contributed by atoms with Crippen LogP contribution in [0.3, 0.4) is 0 Å². The first-order valence-electron chi connectivity index (χ1n) is 9.91. The highest BCUT2D eigenvalue weighted by atomic mass is 15.2. The smallest absolute Gasteiger partial charge is 0.127 e. The summed E-state index contributed by atoms with van der Waals surface area (Å²) in [4.78, 5) is 9.52. The van der Waals surface area contributed by atoms with Crippen molar-refractivity contribution in [3.63, 3.8) is 0 Å². The Hall–Kier alpha value is -1.91. The quantitative estimate of drug-likeness (QED) is 0.916. The van der Waals surface area contributed by atoms with Crippen LogP contribution in [0.5, 0.6) is 0 Å². The van der Waals surface area contributed by atoms with E-state index in [1.165, 1.54) is 63.0 Å². The molecule has 4 nitrogen and oxygen atoms in total. The average Bonchev–Trinajstić information content (AvgIpc) is 2.65. The number of hydrogen-bond donors (Lipinski definition) is 1. The Morgan fingerprint density at radius 2 is 1.58 bits per heavy atom. The van der Waals surface area contributed by atoms with Gasteiger partial charge in [0.2, 0.25) is 0 Å². The van der Waals surface area contributed by atoms with Crippen molar-refractivity contribution in [3.05, 3.63) is 59.8 Å². The molecule has 2 aliphatic heterocycles. The van der Waals surface area contributed by atoms with Crippen molar-refractivity contribution in [2.75, 3.05) is 31.9 Å². The zero-order chi connectivity index (χ0) is 17.8. The van der Waals surface area contributed by atoms with Gasteiger partial charge in [0, 0.05) is 37.9 Å². The molecule has 26 heavy (non-hydrogen) atoms. The van der Waals surface area contributed by atoms with Crippen molar-refractivity contribution in [2.45, 2.75) is 38.8 Å². The molecule has 0 amide bonds. The van der Waals surface area contributed by atoms with Gasteiger partial charge in [0.15, 0.2) is 0 Å². The van der Waals surface area contributed by atoms with Gasteiger partial charge in [0.25, 0.3) is 0 Å². The lowest BCUT2D eigenvalue weighted by Crippen LogP contribution is -2.51. The number of nitrogens with zero attached hydrogens (tertiary/aromatic N) is 3. The highest BCUT2D eigenvalue weighted by molar-refractivity contribution is 5.38. The number of likely N-dealkylation sites (tertiary alicyclic amines) is 2. The molecule has 0 aliphatic carbocycles. The lowest BCUT2D eigenvalue weighted by molar-refractivity contribution is 0.00779. The molecule has 138 valence electrons. The Morgan fingerprint density at radius 1 is 0.885 bits per heavy atom. The summed E-state index contributed by atoms with van der Waals surface area (Å²) in [5.74, 6) is 0.682. The third-order valence-electron chi connectivity index (χ3n) is 6.05. The molecule has 0 unspecified atom stereocenters. The number of aromatic nitrogens is 1. The Morgan fingerprint density at radius 3 is 2.27 bits per heavy atom. The third kappa shape index (κ3) is 4.08. The van der Waals surface area contributed by atoms with Crippen LogP contribution in [0.25, 0.3) is 0 Å². The van der Waals surface area contributed by atoms with Crippen LogP contribution in [0, 0.1) is 5.41 Å². The Kier molecular flexibility index (Phi) is 5.23. The molecule has 0 bridgehead atoms. The van der Waals surface area contributed by atoms with Crippen LogP contribution >= 0.6 is 0 Å². The molecule has 1 aromatic carbocycles. The van der Waals surface area contributed by atoms with Gasteiger partial charge >= 0.3 is 0 Å². The average molecular weight is 351 g/mol. The molecule has 4 rings (SSSR count). The van der Waals surface area contributed by atoms with Crippen LogP contribution in [0.4, 0.5) is 5.82 Å². The molecular weight excluding hydrogens is 320 g/mol. The summed E-state index contributed by atoms with van der Waals surface area (Å²) < 4.78 is 0. The first-order valence-corrected chi connectivity index (χ1v) is 9.91. The van der Waals surface area contributed by atoms with Gasteiger partial charge in [-0.2, -0.15) is 0 Å². The van der Waals surface area contributed by atoms with E-state index >= 15 is 0 Å². The first-order chi connectivity index (χ1) is 12.7. The molecule has 3 heterocycles. The molecular formula is C22H30N4. The molecule has 2 aliphatic rings. The molecule has 2 saturated heterocycles. The fourth-order valence-electron chi connectivity index (χ4n) is 4.89. The van der Waals surface area contributed by atoms with Crippen molar-refractivity contribution in [2.24, 2.45) is 5.41 Å². The van der Waals surface area contributed by atoms with E-state index in [9.17, 15) is 0 Å². The van der Waals surface area contributed by atoms with Crippen LogP contribution in [0.15, 0.2) is 48.7 Å². The first kappa shape index (κ1) is 17.5. The number of nitrogens with two attached hydrogens (primary N) is 1. The maximum atomic E-state index is 6.07. The van der Waals surface area contributed by atoms with Gasteiger partial charge in [0.1, 0.15) is 5.82 Å². The summed E-state index contributed by atoms with van der Waals surface area (Å²) in [5.41, 5.74) is 9.12. The van der Waals surface area contributed by atoms with Gasteiger partial charge in [-0.25, -0.2) is 4.98 Å². The summed E-state index contributed by atoms with van der Waals surface area (Å²) in [6, 6.07) is 15.0. The Labute approximate surface area is 157 Å². The van der Waals surface area contributed by atoms with Gasteiger partial charge in [-0.15, -0.1) is 0 Å². The summed E-state index contributed by atoms with van der Waals surface area (Å²) in [7, 11) is 0. The molecule has 1 aromatic heterocycles. The van der Waals surface area contributed by atoms with Crippen LogP contribution in [0.2, 0.25) is 0 Å². The second-order valence-electron chi connectivity index (χ2n) is 8.16. The number of benzene rings is 1. The monoisotopic (exact) mass is 350 g/mol. The van der Waals surface area contributed by atoms with Crippen LogP contribution in [-0.2, 0) is 13.1 Å². The van der Waals surface area contributed by atoms with E-state index in [1.807, 2.05) is 6.07 Å². The molecule has 0 radical (unpaired) electrons. The van der Waals surface area contributed by atoms with Crippen LogP contribution in [0.1, 0.15) is 36.8 Å². The van der Waals surface area contributed by atoms with E-state index in [2.05, 4.69) is 51.2 Å². The summed E-state index contributed by atoms with van der Waals surface area (Å²) in [6.45, 7) is 6.83. The van der Waals surface area contributed by atoms with E-state index in [-0.39, 0.29) is 0 Å². The fraction of sp³-hybridized carbons (Fsp3) is 0.500. The third-order valence-corrected chi connectivity index (χ3v) is 6.05. The molecule has 4 heteroatoms. The lowest BCUT2D eigenvalue weighted by Gasteiger charge is -2.48. The van der Waals surface area contributed by atoms with Crippen molar-refractivity contribution in [1.29, 1.82) is 0 Å². The van der Waals surface area contributed by atoms with E-state index in [0.717, 1.165) is 13.1 Å². The molecule has 2 fully saturated rings. The van der Waals surface area contributed by atoms with Crippen LogP contribution < -0.4 is 5.73 Å². The molecule has 1 atom stereocenters. The highest BCUT2D eigenvalue weighted by Crippen LogP contribution is 2.39. The number of hydrogen-bond acceptors (Lipinski definition) is 4. The number of nitrogen functional groups attached to an aromatic ring is 1. The standard InChI is InChI=1S/C22H30N4/c23-21-20(9-4-12-24-21)16-26-14-6-11-22(18-26)10-5-13-25(17-22)15-19-7-2-1-3-8-19/h1-4,7-9,12H,5-6,10-11,13-18H2,(H2,23,24)/t22-/m1/s1. The number of pyridine rings is 1. The summed E-state index contributed by atoms with van der Waals surface area (Å²) in [6.07, 6.45) is 7.10. The molecule has 1 spiro atoms. The van der Waals surface area contributed by atoms with Crippen LogP contribution in [-0.4, -0.2) is 41.0 Å². The topological polar surface area (TPSA) is 45.4 Å². The van der Waals surface area contributed by atoms with Gasteiger partial charge in [-0.05, 0) is 55.8 Å². The zero-order valence-electron chi connectivity index (χ0n) is 15.6. The zero-order valence-corrected chi connectivity index (χ0v) is 15.6. The number of piperidine rings is 2. The predicted octanol–water partition coefficient (Wildman–Crippen LogP) is 3.54. The largest absolute Gasteiger partial charge is 0.383 e.